The Labute approximate surface area is 261 Å². The molecule has 0 fully saturated rings. The Morgan fingerprint density at radius 1 is 1.21 bits per heavy atom. The number of carbonyl (C=O) groups excluding carboxylic acids is 1. The minimum absolute atomic E-state index is 0.145. The largest absolute Gasteiger partial charge is 0.493 e. The van der Waals surface area contributed by atoms with E-state index in [1.165, 1.54) is 30.9 Å². The summed E-state index contributed by atoms with van der Waals surface area (Å²) in [6.07, 6.45) is 1.55. The summed E-state index contributed by atoms with van der Waals surface area (Å²) in [6, 6.07) is 10.5. The van der Waals surface area contributed by atoms with E-state index in [1.807, 2.05) is 0 Å². The number of methoxy groups -OCH3 is 2. The second-order valence-corrected chi connectivity index (χ2v) is 11.4. The van der Waals surface area contributed by atoms with Gasteiger partial charge in [-0.05, 0) is 65.7 Å². The van der Waals surface area contributed by atoms with Crippen molar-refractivity contribution in [2.75, 3.05) is 20.8 Å². The Hall–Kier alpha value is -4.20. The predicted molar refractivity (Wildman–Crippen MR) is 163 cm³/mol. The van der Waals surface area contributed by atoms with Gasteiger partial charge in [0.1, 0.15) is 16.0 Å². The van der Waals surface area contributed by atoms with Gasteiger partial charge >= 0.3 is 5.97 Å². The van der Waals surface area contributed by atoms with Gasteiger partial charge in [-0.3, -0.25) is 19.5 Å². The number of benzene rings is 2. The number of rotatable bonds is 8. The number of carbonyl (C=O) groups is 1. The lowest BCUT2D eigenvalue weighted by Gasteiger charge is -2.25. The molecule has 2 aromatic heterocycles. The number of nitrogens with zero attached hydrogens (tertiary/aromatic N) is 3. The Morgan fingerprint density at radius 3 is 2.63 bits per heavy atom. The molecule has 1 atom stereocenters. The number of halogens is 2. The molecule has 0 radical (unpaired) electrons. The van der Waals surface area contributed by atoms with Crippen LogP contribution in [0.2, 0.25) is 5.02 Å². The second kappa shape index (κ2) is 12.2. The summed E-state index contributed by atoms with van der Waals surface area (Å²) in [7, 11) is 3.01. The van der Waals surface area contributed by atoms with Crippen LogP contribution in [0.5, 0.6) is 11.5 Å². The molecule has 0 spiro atoms. The van der Waals surface area contributed by atoms with Gasteiger partial charge in [-0.15, -0.1) is 0 Å². The average Bonchev–Trinajstić information content (AvgIpc) is 3.57. The van der Waals surface area contributed by atoms with Crippen molar-refractivity contribution in [3.63, 3.8) is 0 Å². The predicted octanol–water partition coefficient (Wildman–Crippen LogP) is 5.40. The molecule has 1 aliphatic heterocycles. The van der Waals surface area contributed by atoms with E-state index in [0.29, 0.717) is 49.2 Å². The SMILES string of the molecule is CCOC(=O)C1=C(C)N=c2s/c(=C\c3ccc(-c4cc(Cl)c(Br)c([N+](=O)[O-])c4)o3)c(=O)n2[C@H]1c1ccc(OC)c(OC)c1. The maximum atomic E-state index is 13.9. The first-order valence-electron chi connectivity index (χ1n) is 12.7. The lowest BCUT2D eigenvalue weighted by molar-refractivity contribution is -0.385. The molecular formula is C29H23BrClN3O8S. The molecule has 43 heavy (non-hydrogen) atoms. The minimum atomic E-state index is -0.852. The second-order valence-electron chi connectivity index (χ2n) is 9.17. The minimum Gasteiger partial charge on any atom is -0.493 e. The molecule has 5 rings (SSSR count). The number of fused-ring (bicyclic) bond motifs is 1. The fourth-order valence-electron chi connectivity index (χ4n) is 4.69. The summed E-state index contributed by atoms with van der Waals surface area (Å²) in [5.41, 5.74) is 1.01. The first-order chi connectivity index (χ1) is 20.6. The third-order valence-corrected chi connectivity index (χ3v) is 8.97. The van der Waals surface area contributed by atoms with Gasteiger partial charge in [0, 0.05) is 17.7 Å². The van der Waals surface area contributed by atoms with Crippen molar-refractivity contribution < 1.29 is 28.3 Å². The average molecular weight is 689 g/mol. The number of hydrogen-bond acceptors (Lipinski definition) is 10. The molecule has 2 aromatic carbocycles. The zero-order valence-electron chi connectivity index (χ0n) is 23.2. The third-order valence-electron chi connectivity index (χ3n) is 6.63. The number of nitro groups is 1. The van der Waals surface area contributed by atoms with Gasteiger partial charge < -0.3 is 18.6 Å². The standard InChI is InChI=1S/C29H23BrClN3O8S/c1-5-41-28(36)24-14(2)32-29-33(26(24)15-6-8-21(39-3)22(12-15)40-4)27(35)23(43-29)13-17-7-9-20(42-17)16-10-18(31)25(30)19(11-16)34(37)38/h6-13,26H,5H2,1-4H3/b23-13-/t26-/m0/s1. The molecule has 0 N–H and O–H groups in total. The maximum Gasteiger partial charge on any atom is 0.338 e. The monoisotopic (exact) mass is 687 g/mol. The smallest absolute Gasteiger partial charge is 0.338 e. The number of furan rings is 1. The van der Waals surface area contributed by atoms with Crippen molar-refractivity contribution >= 4 is 56.6 Å². The van der Waals surface area contributed by atoms with Crippen molar-refractivity contribution in [1.82, 2.24) is 4.57 Å². The highest BCUT2D eigenvalue weighted by atomic mass is 79.9. The van der Waals surface area contributed by atoms with Crippen LogP contribution in [-0.2, 0) is 9.53 Å². The highest BCUT2D eigenvalue weighted by Crippen LogP contribution is 2.38. The highest BCUT2D eigenvalue weighted by Gasteiger charge is 2.34. The van der Waals surface area contributed by atoms with Crippen LogP contribution in [0.15, 0.2) is 72.4 Å². The summed E-state index contributed by atoms with van der Waals surface area (Å²) < 4.78 is 24.0. The van der Waals surface area contributed by atoms with Gasteiger partial charge in [0.05, 0.1) is 52.6 Å². The van der Waals surface area contributed by atoms with Crippen molar-refractivity contribution in [3.8, 4) is 22.8 Å². The normalized spacial score (nSPS) is 14.7. The Kier molecular flexibility index (Phi) is 8.58. The van der Waals surface area contributed by atoms with E-state index in [4.69, 9.17) is 30.2 Å². The lowest BCUT2D eigenvalue weighted by atomic mass is 9.95. The van der Waals surface area contributed by atoms with Crippen LogP contribution in [-0.4, -0.2) is 36.3 Å². The summed E-state index contributed by atoms with van der Waals surface area (Å²) in [5.74, 6) is 0.973. The lowest BCUT2D eigenvalue weighted by Crippen LogP contribution is -2.39. The van der Waals surface area contributed by atoms with E-state index >= 15 is 0 Å². The fourth-order valence-corrected chi connectivity index (χ4v) is 6.31. The van der Waals surface area contributed by atoms with Gasteiger partial charge in [0.25, 0.3) is 11.2 Å². The van der Waals surface area contributed by atoms with Crippen LogP contribution >= 0.6 is 38.9 Å². The number of hydrogen-bond donors (Lipinski definition) is 0. The molecule has 14 heteroatoms. The molecule has 3 heterocycles. The first-order valence-corrected chi connectivity index (χ1v) is 14.7. The molecule has 1 aliphatic rings. The molecule has 4 aromatic rings. The molecule has 0 bridgehead atoms. The molecule has 222 valence electrons. The van der Waals surface area contributed by atoms with Gasteiger partial charge in [0.2, 0.25) is 0 Å². The Bertz CT molecular complexity index is 1990. The molecular weight excluding hydrogens is 666 g/mol. The number of aromatic nitrogens is 1. The molecule has 0 aliphatic carbocycles. The zero-order valence-corrected chi connectivity index (χ0v) is 26.3. The summed E-state index contributed by atoms with van der Waals surface area (Å²) >= 11 is 10.5. The van der Waals surface area contributed by atoms with Crippen molar-refractivity contribution in [2.24, 2.45) is 4.99 Å². The third kappa shape index (κ3) is 5.63. The van der Waals surface area contributed by atoms with Crippen molar-refractivity contribution in [2.45, 2.75) is 19.9 Å². The summed E-state index contributed by atoms with van der Waals surface area (Å²) in [5, 5.41) is 11.6. The Morgan fingerprint density at radius 2 is 1.95 bits per heavy atom. The number of nitro benzene ring substituents is 1. The summed E-state index contributed by atoms with van der Waals surface area (Å²) in [6.45, 7) is 3.54. The molecule has 0 saturated carbocycles. The van der Waals surface area contributed by atoms with Crippen LogP contribution in [0.4, 0.5) is 5.69 Å². The van der Waals surface area contributed by atoms with Crippen LogP contribution in [0.25, 0.3) is 17.4 Å². The topological polar surface area (TPSA) is 135 Å². The van der Waals surface area contributed by atoms with E-state index < -0.39 is 22.5 Å². The molecule has 0 amide bonds. The van der Waals surface area contributed by atoms with Crippen LogP contribution in [0.3, 0.4) is 0 Å². The van der Waals surface area contributed by atoms with Gasteiger partial charge in [-0.2, -0.15) is 0 Å². The Balaban J connectivity index is 1.64. The van der Waals surface area contributed by atoms with E-state index in [1.54, 1.807) is 50.3 Å². The quantitative estimate of drug-likeness (QED) is 0.136. The van der Waals surface area contributed by atoms with Crippen LogP contribution in [0, 0.1) is 10.1 Å². The number of thiazole rings is 1. The number of allylic oxidation sites excluding steroid dienone is 1. The van der Waals surface area contributed by atoms with Gasteiger partial charge in [0.15, 0.2) is 16.3 Å². The number of ether oxygens (including phenoxy) is 3. The summed E-state index contributed by atoms with van der Waals surface area (Å²) in [4.78, 5) is 42.9. The van der Waals surface area contributed by atoms with Gasteiger partial charge in [-0.1, -0.05) is 29.0 Å². The van der Waals surface area contributed by atoms with Crippen molar-refractivity contribution in [3.05, 3.63) is 104 Å². The first kappa shape index (κ1) is 30.3. The van der Waals surface area contributed by atoms with E-state index in [-0.39, 0.29) is 27.4 Å². The number of esters is 1. The van der Waals surface area contributed by atoms with Gasteiger partial charge in [-0.25, -0.2) is 9.79 Å². The van der Waals surface area contributed by atoms with E-state index in [0.717, 1.165) is 11.3 Å². The highest BCUT2D eigenvalue weighted by molar-refractivity contribution is 9.10. The van der Waals surface area contributed by atoms with Crippen LogP contribution in [0.1, 0.15) is 31.2 Å². The fraction of sp³-hybridized carbons (Fsp3) is 0.207. The maximum absolute atomic E-state index is 13.9. The molecule has 11 nitrogen and oxygen atoms in total. The van der Waals surface area contributed by atoms with Crippen molar-refractivity contribution in [1.29, 1.82) is 0 Å². The molecule has 0 unspecified atom stereocenters. The van der Waals surface area contributed by atoms with E-state index in [2.05, 4.69) is 20.9 Å². The zero-order chi connectivity index (χ0) is 31.0. The van der Waals surface area contributed by atoms with E-state index in [9.17, 15) is 19.7 Å². The molecule has 0 saturated heterocycles. The van der Waals surface area contributed by atoms with Crippen LogP contribution < -0.4 is 24.4 Å².